The smallest absolute Gasteiger partial charge is 0.435 e. The highest BCUT2D eigenvalue weighted by Crippen LogP contribution is 2.28. The van der Waals surface area contributed by atoms with Crippen LogP contribution in [0, 0.1) is 12.8 Å². The molecule has 0 atom stereocenters. The van der Waals surface area contributed by atoms with Gasteiger partial charge in [0.2, 0.25) is 5.91 Å². The maximum Gasteiger partial charge on any atom is 0.435 e. The number of aryl methyl sites for hydroxylation is 2. The van der Waals surface area contributed by atoms with Gasteiger partial charge in [0.25, 0.3) is 0 Å². The van der Waals surface area contributed by atoms with Crippen LogP contribution >= 0.6 is 0 Å². The third kappa shape index (κ3) is 5.40. The molecule has 1 aliphatic rings. The van der Waals surface area contributed by atoms with Crippen LogP contribution in [0.2, 0.25) is 0 Å². The molecule has 2 aromatic rings. The van der Waals surface area contributed by atoms with E-state index in [2.05, 4.69) is 5.10 Å². The third-order valence-electron chi connectivity index (χ3n) is 5.54. The molecule has 2 heterocycles. The highest BCUT2D eigenvalue weighted by molar-refractivity contribution is 5.87. The van der Waals surface area contributed by atoms with Crippen LogP contribution in [-0.4, -0.2) is 44.8 Å². The number of aromatic carboxylic acids is 1. The van der Waals surface area contributed by atoms with E-state index < -0.39 is 17.8 Å². The van der Waals surface area contributed by atoms with Crippen molar-refractivity contribution in [3.8, 4) is 0 Å². The molecular formula is C21H24F3N3O3. The number of piperidine rings is 1. The summed E-state index contributed by atoms with van der Waals surface area (Å²) in [5.41, 5.74) is 0.561. The first kappa shape index (κ1) is 21.9. The van der Waals surface area contributed by atoms with E-state index in [1.807, 2.05) is 6.07 Å². The van der Waals surface area contributed by atoms with Crippen molar-refractivity contribution in [2.75, 3.05) is 13.1 Å². The molecule has 0 aliphatic carbocycles. The van der Waals surface area contributed by atoms with Crippen LogP contribution in [-0.2, 0) is 23.9 Å². The molecule has 30 heavy (non-hydrogen) atoms. The van der Waals surface area contributed by atoms with Gasteiger partial charge < -0.3 is 10.0 Å². The van der Waals surface area contributed by atoms with E-state index in [-0.39, 0.29) is 18.0 Å². The van der Waals surface area contributed by atoms with Crippen molar-refractivity contribution in [1.82, 2.24) is 14.7 Å². The lowest BCUT2D eigenvalue weighted by Crippen LogP contribution is -2.40. The summed E-state index contributed by atoms with van der Waals surface area (Å²) in [6.45, 7) is 2.42. The minimum atomic E-state index is -4.53. The van der Waals surface area contributed by atoms with E-state index in [1.54, 1.807) is 23.1 Å². The van der Waals surface area contributed by atoms with Crippen molar-refractivity contribution in [3.63, 3.8) is 0 Å². The lowest BCUT2D eigenvalue weighted by molar-refractivity contribution is -0.142. The van der Waals surface area contributed by atoms with Crippen LogP contribution in [0.15, 0.2) is 30.3 Å². The molecule has 1 aromatic carbocycles. The van der Waals surface area contributed by atoms with Crippen LogP contribution < -0.4 is 0 Å². The minimum absolute atomic E-state index is 0.200. The van der Waals surface area contributed by atoms with Crippen LogP contribution in [0.3, 0.4) is 0 Å². The van der Waals surface area contributed by atoms with Crippen molar-refractivity contribution in [1.29, 1.82) is 0 Å². The maximum atomic E-state index is 12.8. The molecule has 1 saturated heterocycles. The molecule has 9 heteroatoms. The predicted octanol–water partition coefficient (Wildman–Crippen LogP) is 3.78. The Morgan fingerprint density at radius 2 is 1.90 bits per heavy atom. The summed E-state index contributed by atoms with van der Waals surface area (Å²) in [6.07, 6.45) is -1.22. The lowest BCUT2D eigenvalue weighted by atomic mass is 9.90. The summed E-state index contributed by atoms with van der Waals surface area (Å²) in [7, 11) is 0. The molecule has 1 N–H and O–H groups in total. The normalized spacial score (nSPS) is 15.4. The molecule has 6 nitrogen and oxygen atoms in total. The molecule has 0 unspecified atom stereocenters. The number of hydrogen-bond donors (Lipinski definition) is 1. The lowest BCUT2D eigenvalue weighted by Gasteiger charge is -2.32. The Balaban J connectivity index is 1.48. The van der Waals surface area contributed by atoms with Gasteiger partial charge in [0.15, 0.2) is 5.69 Å². The van der Waals surface area contributed by atoms with Gasteiger partial charge in [-0.05, 0) is 62.3 Å². The SMILES string of the molecule is Cc1cc(C(F)(F)F)nn1CC(=O)N1CCC(CCc2cccc(C(=O)O)c2)CC1. The fraction of sp³-hybridized carbons (Fsp3) is 0.476. The van der Waals surface area contributed by atoms with E-state index in [0.29, 0.717) is 24.7 Å². The van der Waals surface area contributed by atoms with Gasteiger partial charge in [-0.15, -0.1) is 0 Å². The highest BCUT2D eigenvalue weighted by atomic mass is 19.4. The van der Waals surface area contributed by atoms with Crippen LogP contribution in [0.25, 0.3) is 0 Å². The summed E-state index contributed by atoms with van der Waals surface area (Å²) in [5.74, 6) is -0.758. The Bertz CT molecular complexity index is 916. The standard InChI is InChI=1S/C21H24F3N3O3/c1-14-11-18(21(22,23)24)25-27(14)13-19(28)26-9-7-15(8-10-26)5-6-16-3-2-4-17(12-16)20(29)30/h2-4,11-12,15H,5-10,13H2,1H3,(H,29,30). The predicted molar refractivity (Wildman–Crippen MR) is 103 cm³/mol. The molecule has 1 aliphatic heterocycles. The van der Waals surface area contributed by atoms with Crippen LogP contribution in [0.5, 0.6) is 0 Å². The number of amides is 1. The average molecular weight is 423 g/mol. The maximum absolute atomic E-state index is 12.8. The summed E-state index contributed by atoms with van der Waals surface area (Å²) in [6, 6.07) is 7.84. The van der Waals surface area contributed by atoms with E-state index in [1.165, 1.54) is 6.92 Å². The second-order valence-corrected chi connectivity index (χ2v) is 7.69. The Hall–Kier alpha value is -2.84. The van der Waals surface area contributed by atoms with Crippen LogP contribution in [0.4, 0.5) is 13.2 Å². The fourth-order valence-corrected chi connectivity index (χ4v) is 3.74. The van der Waals surface area contributed by atoms with Gasteiger partial charge in [0.05, 0.1) is 5.56 Å². The first-order chi connectivity index (χ1) is 14.1. The second-order valence-electron chi connectivity index (χ2n) is 7.69. The number of carboxylic acid groups (broad SMARTS) is 1. The summed E-state index contributed by atoms with van der Waals surface area (Å²) < 4.78 is 39.4. The van der Waals surface area contributed by atoms with Crippen molar-refractivity contribution in [2.24, 2.45) is 5.92 Å². The molecular weight excluding hydrogens is 399 g/mol. The van der Waals surface area contributed by atoms with E-state index >= 15 is 0 Å². The topological polar surface area (TPSA) is 75.4 Å². The zero-order chi connectivity index (χ0) is 21.9. The molecule has 0 spiro atoms. The van der Waals surface area contributed by atoms with Gasteiger partial charge in [0, 0.05) is 18.8 Å². The Labute approximate surface area is 172 Å². The van der Waals surface area contributed by atoms with E-state index in [4.69, 9.17) is 5.11 Å². The van der Waals surface area contributed by atoms with Gasteiger partial charge in [0.1, 0.15) is 6.54 Å². The highest BCUT2D eigenvalue weighted by Gasteiger charge is 2.34. The molecule has 1 amide bonds. The van der Waals surface area contributed by atoms with Gasteiger partial charge in [-0.2, -0.15) is 18.3 Å². The summed E-state index contributed by atoms with van der Waals surface area (Å²) >= 11 is 0. The van der Waals surface area contributed by atoms with Crippen molar-refractivity contribution >= 4 is 11.9 Å². The van der Waals surface area contributed by atoms with Crippen molar-refractivity contribution in [2.45, 2.75) is 45.3 Å². The molecule has 3 rings (SSSR count). The zero-order valence-electron chi connectivity index (χ0n) is 16.7. The number of alkyl halides is 3. The second kappa shape index (κ2) is 8.89. The first-order valence-electron chi connectivity index (χ1n) is 9.85. The van der Waals surface area contributed by atoms with Gasteiger partial charge in [-0.1, -0.05) is 12.1 Å². The average Bonchev–Trinajstić information content (AvgIpc) is 3.08. The number of aromatic nitrogens is 2. The summed E-state index contributed by atoms with van der Waals surface area (Å²) in [4.78, 5) is 25.2. The first-order valence-corrected chi connectivity index (χ1v) is 9.85. The van der Waals surface area contributed by atoms with Crippen molar-refractivity contribution < 1.29 is 27.9 Å². The summed E-state index contributed by atoms with van der Waals surface area (Å²) in [5, 5.41) is 12.6. The number of carboxylic acids is 1. The van der Waals surface area contributed by atoms with Crippen LogP contribution in [0.1, 0.15) is 46.6 Å². The van der Waals surface area contributed by atoms with E-state index in [9.17, 15) is 22.8 Å². The number of rotatable bonds is 6. The molecule has 1 aromatic heterocycles. The number of halogens is 3. The Morgan fingerprint density at radius 3 is 2.50 bits per heavy atom. The molecule has 1 fully saturated rings. The van der Waals surface area contributed by atoms with Gasteiger partial charge in [-0.3, -0.25) is 9.48 Å². The number of benzene rings is 1. The fourth-order valence-electron chi connectivity index (χ4n) is 3.74. The Morgan fingerprint density at radius 1 is 1.20 bits per heavy atom. The largest absolute Gasteiger partial charge is 0.478 e. The van der Waals surface area contributed by atoms with Gasteiger partial charge in [-0.25, -0.2) is 4.79 Å². The third-order valence-corrected chi connectivity index (χ3v) is 5.54. The Kier molecular flexibility index (Phi) is 6.48. The van der Waals surface area contributed by atoms with Gasteiger partial charge >= 0.3 is 12.1 Å². The van der Waals surface area contributed by atoms with Crippen molar-refractivity contribution in [3.05, 3.63) is 52.8 Å². The number of likely N-dealkylation sites (tertiary alicyclic amines) is 1. The molecule has 0 saturated carbocycles. The zero-order valence-corrected chi connectivity index (χ0v) is 16.7. The quantitative estimate of drug-likeness (QED) is 0.767. The molecule has 0 bridgehead atoms. The monoisotopic (exact) mass is 423 g/mol. The minimum Gasteiger partial charge on any atom is -0.478 e. The number of nitrogens with zero attached hydrogens (tertiary/aromatic N) is 3. The number of carbonyl (C=O) groups is 2. The number of hydrogen-bond acceptors (Lipinski definition) is 3. The molecule has 0 radical (unpaired) electrons. The van der Waals surface area contributed by atoms with E-state index in [0.717, 1.165) is 42.0 Å². The molecule has 162 valence electrons. The number of carbonyl (C=O) groups excluding carboxylic acids is 1.